The van der Waals surface area contributed by atoms with E-state index in [9.17, 15) is 31.2 Å². The van der Waals surface area contributed by atoms with Crippen molar-refractivity contribution in [1.29, 1.82) is 0 Å². The van der Waals surface area contributed by atoms with Crippen molar-refractivity contribution in [3.8, 4) is 0 Å². The first kappa shape index (κ1) is 67.0. The third kappa shape index (κ3) is 14.7. The highest BCUT2D eigenvalue weighted by Crippen LogP contribution is 2.47. The first-order valence-electron chi connectivity index (χ1n) is 30.3. The molecule has 0 radical (unpaired) electrons. The summed E-state index contributed by atoms with van der Waals surface area (Å²) < 4.78 is 86.7. The van der Waals surface area contributed by atoms with Crippen molar-refractivity contribution in [1.82, 2.24) is 15.2 Å². The maximum Gasteiger partial charge on any atom is 0.523 e. The van der Waals surface area contributed by atoms with E-state index in [1.54, 1.807) is 5.38 Å². The Labute approximate surface area is 564 Å². The Balaban J connectivity index is 0.000000561. The summed E-state index contributed by atoms with van der Waals surface area (Å²) in [5.74, 6) is -1.01. The van der Waals surface area contributed by atoms with Crippen LogP contribution in [0.25, 0.3) is 0 Å². The lowest BCUT2D eigenvalue weighted by Crippen LogP contribution is -2.71. The third-order valence-corrected chi connectivity index (χ3v) is 20.5. The van der Waals surface area contributed by atoms with E-state index in [1.807, 2.05) is 206 Å². The SMILES string of the molecule is O=C(OC(c1ccccc1)c1ccccc1)C1=C(SCC2COCO2)CS[C@H]2C(NC(=O)/C(=N\OC(c3ccccc3)(c3ccccc3)c3ccccc3)c3csc(NC(c4ccccc4)(c4ccccc4)c4ccccc4)n3)C(=O)N12.O=S(=O)(OCC1COCO1)C(F)(F)F. The van der Waals surface area contributed by atoms with E-state index in [4.69, 9.17) is 29.2 Å². The highest BCUT2D eigenvalue weighted by Gasteiger charge is 2.56. The van der Waals surface area contributed by atoms with Crippen molar-refractivity contribution in [2.75, 3.05) is 50.2 Å². The number of carbonyl (C=O) groups is 3. The van der Waals surface area contributed by atoms with Gasteiger partial charge in [0.05, 0.1) is 25.9 Å². The van der Waals surface area contributed by atoms with Gasteiger partial charge in [0.15, 0.2) is 16.9 Å². The van der Waals surface area contributed by atoms with Crippen LogP contribution in [-0.4, -0.2) is 116 Å². The summed E-state index contributed by atoms with van der Waals surface area (Å²) in [4.78, 5) is 59.8. The zero-order valence-electron chi connectivity index (χ0n) is 51.0. The Bertz CT molecular complexity index is 4030. The number of amides is 2. The van der Waals surface area contributed by atoms with E-state index in [1.165, 1.54) is 39.8 Å². The quantitative estimate of drug-likeness (QED) is 0.0116. The van der Waals surface area contributed by atoms with Gasteiger partial charge >= 0.3 is 21.6 Å². The predicted octanol–water partition coefficient (Wildman–Crippen LogP) is 12.5. The first-order chi connectivity index (χ1) is 46.7. The van der Waals surface area contributed by atoms with E-state index in [2.05, 4.69) is 60.7 Å². The lowest BCUT2D eigenvalue weighted by atomic mass is 9.77. The molecular formula is C72H62F3N5O12S4. The normalized spacial score (nSPS) is 18.2. The van der Waals surface area contributed by atoms with Crippen LogP contribution in [0.2, 0.25) is 0 Å². The molecule has 13 rings (SSSR count). The first-order valence-corrected chi connectivity index (χ1v) is 34.7. The van der Waals surface area contributed by atoms with Gasteiger partial charge in [-0.1, -0.05) is 248 Å². The molecule has 24 heteroatoms. The van der Waals surface area contributed by atoms with Crippen LogP contribution in [0, 0.1) is 0 Å². The van der Waals surface area contributed by atoms with Crippen molar-refractivity contribution in [3.63, 3.8) is 0 Å². The fraction of sp³-hybridized carbons (Fsp3) is 0.208. The van der Waals surface area contributed by atoms with Crippen molar-refractivity contribution in [3.05, 3.63) is 309 Å². The second kappa shape index (κ2) is 30.4. The fourth-order valence-electron chi connectivity index (χ4n) is 11.4. The number of β-lactam (4-membered cyclic amide) rings is 1. The van der Waals surface area contributed by atoms with Gasteiger partial charge in [0.1, 0.15) is 48.0 Å². The zero-order valence-corrected chi connectivity index (χ0v) is 54.3. The molecule has 4 atom stereocenters. The van der Waals surface area contributed by atoms with Gasteiger partial charge < -0.3 is 39.2 Å². The van der Waals surface area contributed by atoms with Crippen LogP contribution >= 0.6 is 34.9 Å². The molecule has 0 bridgehead atoms. The number of ether oxygens (including phenoxy) is 5. The Morgan fingerprint density at radius 1 is 0.646 bits per heavy atom. The summed E-state index contributed by atoms with van der Waals surface area (Å²) >= 11 is 4.20. The number of benzene rings is 8. The maximum atomic E-state index is 15.5. The molecule has 4 aliphatic heterocycles. The molecule has 0 aliphatic carbocycles. The molecule has 492 valence electrons. The van der Waals surface area contributed by atoms with Crippen molar-refractivity contribution in [2.45, 2.75) is 46.4 Å². The maximum absolute atomic E-state index is 15.5. The number of fused-ring (bicyclic) bond motifs is 1. The molecule has 0 spiro atoms. The molecular weight excluding hydrogens is 1310 g/mol. The molecule has 8 aromatic carbocycles. The molecule has 3 unspecified atom stereocenters. The number of hydrogen-bond donors (Lipinski definition) is 2. The number of rotatable bonds is 23. The molecule has 17 nitrogen and oxygen atoms in total. The molecule has 2 amide bonds. The minimum Gasteiger partial charge on any atom is -0.448 e. The number of carbonyl (C=O) groups excluding carboxylic acids is 3. The van der Waals surface area contributed by atoms with E-state index < -0.39 is 74.8 Å². The number of anilines is 1. The summed E-state index contributed by atoms with van der Waals surface area (Å²) in [5.41, 5.74) is -0.861. The topological polar surface area (TPSA) is 203 Å². The van der Waals surface area contributed by atoms with E-state index in [-0.39, 0.29) is 43.4 Å². The Kier molecular flexibility index (Phi) is 21.2. The Hall–Kier alpha value is -8.95. The van der Waals surface area contributed by atoms with Crippen molar-refractivity contribution < 1.29 is 68.7 Å². The number of esters is 1. The average molecular weight is 1370 g/mol. The number of nitrogens with zero attached hydrogens (tertiary/aromatic N) is 3. The minimum absolute atomic E-state index is 0.0212. The van der Waals surface area contributed by atoms with Gasteiger partial charge in [0.2, 0.25) is 5.60 Å². The van der Waals surface area contributed by atoms with Crippen LogP contribution in [0.4, 0.5) is 18.3 Å². The summed E-state index contributed by atoms with van der Waals surface area (Å²) in [5, 5.41) is 13.4. The van der Waals surface area contributed by atoms with Crippen LogP contribution in [0.15, 0.2) is 264 Å². The van der Waals surface area contributed by atoms with Gasteiger partial charge in [-0.25, -0.2) is 9.78 Å². The highest BCUT2D eigenvalue weighted by molar-refractivity contribution is 8.06. The van der Waals surface area contributed by atoms with Crippen LogP contribution in [0.5, 0.6) is 0 Å². The molecule has 9 aromatic rings. The largest absolute Gasteiger partial charge is 0.523 e. The monoisotopic (exact) mass is 1370 g/mol. The molecule has 0 saturated carbocycles. The average Bonchev–Trinajstić information content (AvgIpc) is 0.767. The second-order valence-electron chi connectivity index (χ2n) is 22.1. The Morgan fingerprint density at radius 3 is 1.54 bits per heavy atom. The van der Waals surface area contributed by atoms with Gasteiger partial charge in [0, 0.05) is 38.5 Å². The molecule has 3 saturated heterocycles. The van der Waals surface area contributed by atoms with Crippen LogP contribution in [0.1, 0.15) is 56.3 Å². The van der Waals surface area contributed by atoms with E-state index in [0.717, 1.165) is 44.5 Å². The number of halogens is 3. The summed E-state index contributed by atoms with van der Waals surface area (Å²) in [7, 11) is -5.52. The van der Waals surface area contributed by atoms with Gasteiger partial charge in [0.25, 0.3) is 11.8 Å². The second-order valence-corrected chi connectivity index (χ2v) is 26.8. The number of nitrogens with one attached hydrogen (secondary N) is 2. The molecule has 3 fully saturated rings. The predicted molar refractivity (Wildman–Crippen MR) is 359 cm³/mol. The number of alkyl halides is 3. The van der Waals surface area contributed by atoms with Crippen LogP contribution < -0.4 is 10.6 Å². The van der Waals surface area contributed by atoms with Crippen molar-refractivity contribution >= 4 is 73.6 Å². The molecule has 1 aromatic heterocycles. The van der Waals surface area contributed by atoms with Gasteiger partial charge in [-0.15, -0.1) is 34.9 Å². The number of hydrogen-bond acceptors (Lipinski definition) is 18. The van der Waals surface area contributed by atoms with Crippen LogP contribution in [0.3, 0.4) is 0 Å². The number of thiazole rings is 1. The highest BCUT2D eigenvalue weighted by atomic mass is 32.2. The number of aromatic nitrogens is 1. The van der Waals surface area contributed by atoms with Gasteiger partial charge in [-0.2, -0.15) is 21.6 Å². The molecule has 4 aliphatic rings. The molecule has 5 heterocycles. The van der Waals surface area contributed by atoms with E-state index in [0.29, 0.717) is 28.1 Å². The van der Waals surface area contributed by atoms with E-state index >= 15 is 4.79 Å². The summed E-state index contributed by atoms with van der Waals surface area (Å²) in [6.07, 6.45) is -1.74. The molecule has 96 heavy (non-hydrogen) atoms. The standard InChI is InChI=1S/C67H55N5O7S3.C5H7F3O5S/c73-61(69-58-62(74)72-59(56(44-81-63(58)72)80-42-54-41-76-45-77-54)64(75)78-60(46-25-9-1-10-26-46)47-27-11-2-12-28-47)57(71-79-67(51-35-19-6-20-36-51,52-37-21-7-22-38-52)53-39-23-8-24-40-53)55-43-82-65(68-55)70-66(48-29-13-3-14-30-48,49-31-15-4-16-32-49)50-33-17-5-18-34-50;6-5(7,8)14(9,10)13-2-4-1-11-3-12-4/h1-40,43,54,58,60,63H,41-42,44-45H2,(H,68,70)(H,69,73);4H,1-3H2/b71-57-;/t54?,58?,63-;/m0./s1. The van der Waals surface area contributed by atoms with Gasteiger partial charge in [-0.3, -0.25) is 18.7 Å². The zero-order chi connectivity index (χ0) is 66.5. The summed E-state index contributed by atoms with van der Waals surface area (Å²) in [6.45, 7) is -0.137. The number of thioether (sulfide) groups is 2. The lowest BCUT2D eigenvalue weighted by molar-refractivity contribution is -0.154. The minimum atomic E-state index is -5.52. The number of oxime groups is 1. The Morgan fingerprint density at radius 2 is 1.09 bits per heavy atom. The third-order valence-electron chi connectivity index (χ3n) is 16.1. The lowest BCUT2D eigenvalue weighted by Gasteiger charge is -2.49. The van der Waals surface area contributed by atoms with Crippen molar-refractivity contribution in [2.24, 2.45) is 5.16 Å². The van der Waals surface area contributed by atoms with Crippen LogP contribution in [-0.2, 0) is 68.3 Å². The summed E-state index contributed by atoms with van der Waals surface area (Å²) in [6, 6.07) is 77.7. The fourth-order valence-corrected chi connectivity index (χ4v) is 15.2. The molecule has 2 N–H and O–H groups in total. The van der Waals surface area contributed by atoms with Gasteiger partial charge in [-0.05, 0) is 27.8 Å². The smallest absolute Gasteiger partial charge is 0.448 e.